The van der Waals surface area contributed by atoms with E-state index in [2.05, 4.69) is 4.98 Å². The molecule has 1 N–H and O–H groups in total. The van der Waals surface area contributed by atoms with Crippen LogP contribution in [0.2, 0.25) is 5.15 Å². The first-order valence-corrected chi connectivity index (χ1v) is 6.34. The highest BCUT2D eigenvalue weighted by Gasteiger charge is 2.20. The van der Waals surface area contributed by atoms with Gasteiger partial charge in [0.2, 0.25) is 0 Å². The maximum Gasteiger partial charge on any atom is 0.339 e. The summed E-state index contributed by atoms with van der Waals surface area (Å²) in [6.45, 7) is 2.13. The summed E-state index contributed by atoms with van der Waals surface area (Å²) in [5.41, 5.74) is 0.228. The van der Waals surface area contributed by atoms with Gasteiger partial charge in [0, 0.05) is 6.54 Å². The highest BCUT2D eigenvalue weighted by atomic mass is 35.5. The van der Waals surface area contributed by atoms with Crippen LogP contribution < -0.4 is 4.90 Å². The Morgan fingerprint density at radius 3 is 2.65 bits per heavy atom. The van der Waals surface area contributed by atoms with Crippen molar-refractivity contribution >= 4 is 29.1 Å². The number of benzene rings is 1. The molecule has 4 nitrogen and oxygen atoms in total. The van der Waals surface area contributed by atoms with Crippen LogP contribution in [0.25, 0.3) is 0 Å². The van der Waals surface area contributed by atoms with E-state index in [1.54, 1.807) is 25.1 Å². The molecule has 20 heavy (non-hydrogen) atoms. The third-order valence-electron chi connectivity index (χ3n) is 2.79. The number of hydrogen-bond acceptors (Lipinski definition) is 3. The smallest absolute Gasteiger partial charge is 0.339 e. The van der Waals surface area contributed by atoms with E-state index in [0.29, 0.717) is 6.54 Å². The summed E-state index contributed by atoms with van der Waals surface area (Å²) in [4.78, 5) is 16.8. The number of aromatic nitrogens is 1. The zero-order chi connectivity index (χ0) is 14.7. The van der Waals surface area contributed by atoms with Crippen molar-refractivity contribution in [2.75, 3.05) is 11.4 Å². The average Bonchev–Trinajstić information content (AvgIpc) is 2.41. The number of halogens is 2. The molecule has 0 bridgehead atoms. The van der Waals surface area contributed by atoms with Crippen molar-refractivity contribution < 1.29 is 14.3 Å². The topological polar surface area (TPSA) is 53.4 Å². The van der Waals surface area contributed by atoms with Crippen molar-refractivity contribution in [3.63, 3.8) is 0 Å². The highest BCUT2D eigenvalue weighted by Crippen LogP contribution is 2.29. The van der Waals surface area contributed by atoms with Crippen molar-refractivity contribution in [1.29, 1.82) is 0 Å². The molecule has 0 saturated carbocycles. The molecular weight excluding hydrogens is 283 g/mol. The van der Waals surface area contributed by atoms with Gasteiger partial charge in [0.1, 0.15) is 22.4 Å². The van der Waals surface area contributed by atoms with Gasteiger partial charge in [-0.3, -0.25) is 0 Å². The first-order valence-electron chi connectivity index (χ1n) is 5.96. The lowest BCUT2D eigenvalue weighted by Crippen LogP contribution is -2.21. The van der Waals surface area contributed by atoms with Crippen molar-refractivity contribution in [3.8, 4) is 0 Å². The largest absolute Gasteiger partial charge is 0.478 e. The van der Waals surface area contributed by atoms with Crippen LogP contribution in [-0.4, -0.2) is 22.6 Å². The SMILES string of the molecule is CCN(c1ccccc1F)c1nc(Cl)ccc1C(=O)O. The molecule has 0 fully saturated rings. The third kappa shape index (κ3) is 2.72. The van der Waals surface area contributed by atoms with E-state index in [9.17, 15) is 14.3 Å². The summed E-state index contributed by atoms with van der Waals surface area (Å²) < 4.78 is 13.9. The van der Waals surface area contributed by atoms with Gasteiger partial charge in [-0.25, -0.2) is 14.2 Å². The first kappa shape index (κ1) is 14.3. The van der Waals surface area contributed by atoms with Gasteiger partial charge in [-0.1, -0.05) is 23.7 Å². The molecule has 0 saturated heterocycles. The minimum Gasteiger partial charge on any atom is -0.478 e. The van der Waals surface area contributed by atoms with Crippen LogP contribution in [0.15, 0.2) is 36.4 Å². The Balaban J connectivity index is 2.60. The number of aromatic carboxylic acids is 1. The van der Waals surface area contributed by atoms with Gasteiger partial charge in [-0.05, 0) is 31.2 Å². The molecule has 0 amide bonds. The van der Waals surface area contributed by atoms with Crippen molar-refractivity contribution in [2.24, 2.45) is 0 Å². The zero-order valence-corrected chi connectivity index (χ0v) is 11.4. The molecule has 0 aliphatic carbocycles. The van der Waals surface area contributed by atoms with Gasteiger partial charge in [-0.15, -0.1) is 0 Å². The summed E-state index contributed by atoms with van der Waals surface area (Å²) in [7, 11) is 0. The van der Waals surface area contributed by atoms with Crippen LogP contribution in [0.4, 0.5) is 15.9 Å². The van der Waals surface area contributed by atoms with Gasteiger partial charge in [0.05, 0.1) is 5.69 Å². The molecule has 0 atom stereocenters. The number of carboxylic acid groups (broad SMARTS) is 1. The Labute approximate surface area is 120 Å². The summed E-state index contributed by atoms with van der Waals surface area (Å²) in [6, 6.07) is 8.86. The number of pyridine rings is 1. The Bertz CT molecular complexity index is 649. The van der Waals surface area contributed by atoms with E-state index in [-0.39, 0.29) is 22.2 Å². The second-order valence-corrected chi connectivity index (χ2v) is 4.39. The molecule has 2 aromatic rings. The molecule has 0 spiro atoms. The van der Waals surface area contributed by atoms with Crippen LogP contribution in [0.5, 0.6) is 0 Å². The molecular formula is C14H12ClFN2O2. The maximum atomic E-state index is 13.9. The predicted molar refractivity (Wildman–Crippen MR) is 75.3 cm³/mol. The molecule has 6 heteroatoms. The fourth-order valence-electron chi connectivity index (χ4n) is 1.90. The maximum absolute atomic E-state index is 13.9. The molecule has 104 valence electrons. The molecule has 0 aliphatic heterocycles. The van der Waals surface area contributed by atoms with Crippen molar-refractivity contribution in [2.45, 2.75) is 6.92 Å². The van der Waals surface area contributed by atoms with Gasteiger partial charge >= 0.3 is 5.97 Å². The lowest BCUT2D eigenvalue weighted by atomic mass is 10.2. The van der Waals surface area contributed by atoms with E-state index in [4.69, 9.17) is 11.6 Å². The molecule has 1 heterocycles. The van der Waals surface area contributed by atoms with Crippen LogP contribution >= 0.6 is 11.6 Å². The quantitative estimate of drug-likeness (QED) is 0.873. The Hall–Kier alpha value is -2.14. The van der Waals surface area contributed by atoms with Crippen LogP contribution in [-0.2, 0) is 0 Å². The number of carbonyl (C=O) groups is 1. The Kier molecular flexibility index (Phi) is 4.20. The Morgan fingerprint density at radius 1 is 1.35 bits per heavy atom. The molecule has 0 aliphatic rings. The summed E-state index contributed by atoms with van der Waals surface area (Å²) >= 11 is 5.83. The molecule has 1 aromatic carbocycles. The molecule has 0 radical (unpaired) electrons. The normalized spacial score (nSPS) is 10.3. The summed E-state index contributed by atoms with van der Waals surface area (Å²) in [5, 5.41) is 9.37. The van der Waals surface area contributed by atoms with Crippen molar-refractivity contribution in [3.05, 3.63) is 52.9 Å². The number of nitrogens with zero attached hydrogens (tertiary/aromatic N) is 2. The van der Waals surface area contributed by atoms with Gasteiger partial charge < -0.3 is 10.0 Å². The zero-order valence-electron chi connectivity index (χ0n) is 10.7. The van der Waals surface area contributed by atoms with Gasteiger partial charge in [-0.2, -0.15) is 0 Å². The average molecular weight is 295 g/mol. The lowest BCUT2D eigenvalue weighted by molar-refractivity contribution is 0.0697. The number of carboxylic acids is 1. The van der Waals surface area contributed by atoms with E-state index < -0.39 is 11.8 Å². The lowest BCUT2D eigenvalue weighted by Gasteiger charge is -2.24. The van der Waals surface area contributed by atoms with E-state index in [0.717, 1.165) is 0 Å². The van der Waals surface area contributed by atoms with Crippen LogP contribution in [0.3, 0.4) is 0 Å². The van der Waals surface area contributed by atoms with Crippen molar-refractivity contribution in [1.82, 2.24) is 4.98 Å². The third-order valence-corrected chi connectivity index (χ3v) is 3.00. The fourth-order valence-corrected chi connectivity index (χ4v) is 2.05. The van der Waals surface area contributed by atoms with Crippen LogP contribution in [0.1, 0.15) is 17.3 Å². The molecule has 1 aromatic heterocycles. The number of para-hydroxylation sites is 1. The summed E-state index contributed by atoms with van der Waals surface area (Å²) in [5.74, 6) is -1.47. The van der Waals surface area contributed by atoms with E-state index >= 15 is 0 Å². The monoisotopic (exact) mass is 294 g/mol. The number of anilines is 2. The molecule has 2 rings (SSSR count). The fraction of sp³-hybridized carbons (Fsp3) is 0.143. The Morgan fingerprint density at radius 2 is 2.05 bits per heavy atom. The minimum atomic E-state index is -1.14. The first-order chi connectivity index (χ1) is 9.54. The van der Waals surface area contributed by atoms with Gasteiger partial charge in [0.25, 0.3) is 0 Å². The predicted octanol–water partition coefficient (Wildman–Crippen LogP) is 3.73. The van der Waals surface area contributed by atoms with Crippen LogP contribution in [0, 0.1) is 5.82 Å². The second kappa shape index (κ2) is 5.88. The molecule has 0 unspecified atom stereocenters. The second-order valence-electron chi connectivity index (χ2n) is 4.01. The summed E-state index contributed by atoms with van der Waals surface area (Å²) in [6.07, 6.45) is 0. The van der Waals surface area contributed by atoms with E-state index in [1.165, 1.54) is 23.1 Å². The van der Waals surface area contributed by atoms with Gasteiger partial charge in [0.15, 0.2) is 0 Å². The highest BCUT2D eigenvalue weighted by molar-refractivity contribution is 6.29. The minimum absolute atomic E-state index is 0.0282. The number of rotatable bonds is 4. The standard InChI is InChI=1S/C14H12ClFN2O2/c1-2-18(11-6-4-3-5-10(11)16)13-9(14(19)20)7-8-12(15)17-13/h3-8H,2H2,1H3,(H,19,20). The van der Waals surface area contributed by atoms with E-state index in [1.807, 2.05) is 0 Å². The number of hydrogen-bond donors (Lipinski definition) is 1.